The van der Waals surface area contributed by atoms with E-state index in [1.807, 2.05) is 30.3 Å². The quantitative estimate of drug-likeness (QED) is 0.729. The van der Waals surface area contributed by atoms with Crippen molar-refractivity contribution in [2.45, 2.75) is 25.8 Å². The SMILES string of the molecule is CCOC(=O)N[C@H](CC(=O)Nc1ncc[nH]1)Cc1ccccc1. The second-order valence-electron chi connectivity index (χ2n) is 4.94. The summed E-state index contributed by atoms with van der Waals surface area (Å²) in [5.74, 6) is 0.141. The molecule has 0 aliphatic heterocycles. The summed E-state index contributed by atoms with van der Waals surface area (Å²) in [5.41, 5.74) is 1.03. The second kappa shape index (κ2) is 8.57. The number of aromatic amines is 1. The molecule has 1 aromatic carbocycles. The second-order valence-corrected chi connectivity index (χ2v) is 4.94. The van der Waals surface area contributed by atoms with Crippen LogP contribution in [0.4, 0.5) is 10.7 Å². The van der Waals surface area contributed by atoms with Crippen molar-refractivity contribution in [2.24, 2.45) is 0 Å². The van der Waals surface area contributed by atoms with Gasteiger partial charge >= 0.3 is 6.09 Å². The third-order valence-corrected chi connectivity index (χ3v) is 3.11. The van der Waals surface area contributed by atoms with Crippen molar-refractivity contribution in [1.82, 2.24) is 15.3 Å². The number of alkyl carbamates (subject to hydrolysis) is 1. The molecule has 1 aromatic heterocycles. The highest BCUT2D eigenvalue weighted by Crippen LogP contribution is 2.08. The van der Waals surface area contributed by atoms with Gasteiger partial charge in [0.1, 0.15) is 0 Å². The van der Waals surface area contributed by atoms with Crippen LogP contribution in [0.1, 0.15) is 18.9 Å². The lowest BCUT2D eigenvalue weighted by molar-refractivity contribution is -0.116. The van der Waals surface area contributed by atoms with E-state index in [1.165, 1.54) is 0 Å². The van der Waals surface area contributed by atoms with Crippen LogP contribution < -0.4 is 10.6 Å². The molecule has 0 radical (unpaired) electrons. The third kappa shape index (κ3) is 5.82. The van der Waals surface area contributed by atoms with Crippen molar-refractivity contribution in [2.75, 3.05) is 11.9 Å². The molecular weight excluding hydrogens is 296 g/mol. The van der Waals surface area contributed by atoms with Crippen LogP contribution in [0.3, 0.4) is 0 Å². The van der Waals surface area contributed by atoms with Gasteiger partial charge in [0.15, 0.2) is 0 Å². The van der Waals surface area contributed by atoms with Gasteiger partial charge < -0.3 is 15.0 Å². The monoisotopic (exact) mass is 316 g/mol. The molecule has 2 amide bonds. The molecule has 0 aliphatic rings. The minimum atomic E-state index is -0.528. The Morgan fingerprint density at radius 3 is 2.74 bits per heavy atom. The number of amides is 2. The maximum Gasteiger partial charge on any atom is 0.407 e. The van der Waals surface area contributed by atoms with Gasteiger partial charge in [-0.2, -0.15) is 0 Å². The van der Waals surface area contributed by atoms with E-state index in [2.05, 4.69) is 20.6 Å². The summed E-state index contributed by atoms with van der Waals surface area (Å²) in [6.45, 7) is 2.01. The number of aromatic nitrogens is 2. The predicted octanol–water partition coefficient (Wildman–Crippen LogP) is 2.10. The van der Waals surface area contributed by atoms with Gasteiger partial charge in [-0.1, -0.05) is 30.3 Å². The lowest BCUT2D eigenvalue weighted by Gasteiger charge is -2.18. The summed E-state index contributed by atoms with van der Waals surface area (Å²) in [6.07, 6.45) is 3.29. The lowest BCUT2D eigenvalue weighted by atomic mass is 10.0. The zero-order valence-corrected chi connectivity index (χ0v) is 12.9. The molecule has 0 bridgehead atoms. The number of nitrogens with zero attached hydrogens (tertiary/aromatic N) is 1. The van der Waals surface area contributed by atoms with Crippen LogP contribution in [0.2, 0.25) is 0 Å². The van der Waals surface area contributed by atoms with E-state index in [1.54, 1.807) is 19.3 Å². The Balaban J connectivity index is 1.97. The normalized spacial score (nSPS) is 11.5. The maximum absolute atomic E-state index is 12.1. The fourth-order valence-electron chi connectivity index (χ4n) is 2.15. The fraction of sp³-hybridized carbons (Fsp3) is 0.312. The van der Waals surface area contributed by atoms with E-state index >= 15 is 0 Å². The van der Waals surface area contributed by atoms with Gasteiger partial charge in [0.2, 0.25) is 11.9 Å². The summed E-state index contributed by atoms with van der Waals surface area (Å²) in [7, 11) is 0. The molecule has 0 aliphatic carbocycles. The molecule has 7 nitrogen and oxygen atoms in total. The van der Waals surface area contributed by atoms with Crippen molar-refractivity contribution in [3.8, 4) is 0 Å². The van der Waals surface area contributed by atoms with Gasteiger partial charge in [-0.3, -0.25) is 10.1 Å². The van der Waals surface area contributed by atoms with Gasteiger partial charge in [-0.25, -0.2) is 9.78 Å². The lowest BCUT2D eigenvalue weighted by Crippen LogP contribution is -2.39. The molecule has 3 N–H and O–H groups in total. The van der Waals surface area contributed by atoms with Gasteiger partial charge in [-0.05, 0) is 18.9 Å². The molecule has 1 atom stereocenters. The molecule has 0 saturated carbocycles. The van der Waals surface area contributed by atoms with E-state index in [0.717, 1.165) is 5.56 Å². The standard InChI is InChI=1S/C16H20N4O3/c1-2-23-16(22)19-13(10-12-6-4-3-5-7-12)11-14(21)20-15-17-8-9-18-15/h3-9,13H,2,10-11H2,1H3,(H,19,22)(H2,17,18,20,21)/t13-/m0/s1. The average Bonchev–Trinajstić information content (AvgIpc) is 3.01. The van der Waals surface area contributed by atoms with Crippen LogP contribution >= 0.6 is 0 Å². The van der Waals surface area contributed by atoms with E-state index < -0.39 is 6.09 Å². The number of hydrogen-bond donors (Lipinski definition) is 3. The Labute approximate surface area is 134 Å². The number of rotatable bonds is 7. The third-order valence-electron chi connectivity index (χ3n) is 3.11. The first-order valence-electron chi connectivity index (χ1n) is 7.43. The fourth-order valence-corrected chi connectivity index (χ4v) is 2.15. The Morgan fingerprint density at radius 1 is 1.30 bits per heavy atom. The highest BCUT2D eigenvalue weighted by molar-refractivity contribution is 5.89. The van der Waals surface area contributed by atoms with Crippen LogP contribution in [0.5, 0.6) is 0 Å². The number of carbonyl (C=O) groups is 2. The van der Waals surface area contributed by atoms with Crippen molar-refractivity contribution in [1.29, 1.82) is 0 Å². The van der Waals surface area contributed by atoms with Crippen LogP contribution in [0.25, 0.3) is 0 Å². The van der Waals surface area contributed by atoms with Gasteiger partial charge in [0, 0.05) is 24.9 Å². The minimum Gasteiger partial charge on any atom is -0.450 e. The molecule has 2 aromatic rings. The Morgan fingerprint density at radius 2 is 2.09 bits per heavy atom. The van der Waals surface area contributed by atoms with Crippen LogP contribution in [-0.4, -0.2) is 34.6 Å². The zero-order chi connectivity index (χ0) is 16.5. The number of imidazole rings is 1. The number of carbonyl (C=O) groups excluding carboxylic acids is 2. The topological polar surface area (TPSA) is 96.1 Å². The van der Waals surface area contributed by atoms with Gasteiger partial charge in [-0.15, -0.1) is 0 Å². The number of ether oxygens (including phenoxy) is 1. The molecule has 0 unspecified atom stereocenters. The Kier molecular flexibility index (Phi) is 6.17. The number of hydrogen-bond acceptors (Lipinski definition) is 4. The largest absolute Gasteiger partial charge is 0.450 e. The van der Waals surface area contributed by atoms with E-state index in [0.29, 0.717) is 12.4 Å². The molecule has 2 rings (SSSR count). The first kappa shape index (κ1) is 16.5. The zero-order valence-electron chi connectivity index (χ0n) is 12.9. The van der Waals surface area contributed by atoms with Crippen molar-refractivity contribution >= 4 is 17.9 Å². The predicted molar refractivity (Wildman–Crippen MR) is 85.9 cm³/mol. The van der Waals surface area contributed by atoms with Crippen molar-refractivity contribution in [3.05, 3.63) is 48.3 Å². The van der Waals surface area contributed by atoms with Crippen molar-refractivity contribution < 1.29 is 14.3 Å². The number of anilines is 1. The van der Waals surface area contributed by atoms with E-state index in [4.69, 9.17) is 4.74 Å². The highest BCUT2D eigenvalue weighted by Gasteiger charge is 2.18. The molecule has 7 heteroatoms. The first-order chi connectivity index (χ1) is 11.2. The maximum atomic E-state index is 12.1. The number of H-pyrrole nitrogens is 1. The smallest absolute Gasteiger partial charge is 0.407 e. The highest BCUT2D eigenvalue weighted by atomic mass is 16.5. The molecule has 0 saturated heterocycles. The first-order valence-corrected chi connectivity index (χ1v) is 7.43. The minimum absolute atomic E-state index is 0.119. The van der Waals surface area contributed by atoms with Crippen LogP contribution in [0.15, 0.2) is 42.7 Å². The van der Waals surface area contributed by atoms with Gasteiger partial charge in [0.05, 0.1) is 6.61 Å². The Bertz CT molecular complexity index is 614. The summed E-state index contributed by atoms with van der Waals surface area (Å²) < 4.78 is 4.90. The number of benzene rings is 1. The summed E-state index contributed by atoms with van der Waals surface area (Å²) in [4.78, 5) is 30.5. The molecule has 0 spiro atoms. The number of nitrogens with one attached hydrogen (secondary N) is 3. The average molecular weight is 316 g/mol. The summed E-state index contributed by atoms with van der Waals surface area (Å²) in [6, 6.07) is 9.28. The Hall–Kier alpha value is -2.83. The van der Waals surface area contributed by atoms with Crippen LogP contribution in [-0.2, 0) is 16.0 Å². The molecule has 0 fully saturated rings. The molecule has 23 heavy (non-hydrogen) atoms. The molecule has 122 valence electrons. The summed E-state index contributed by atoms with van der Waals surface area (Å²) in [5, 5.41) is 5.37. The van der Waals surface area contributed by atoms with E-state index in [-0.39, 0.29) is 25.0 Å². The molecular formula is C16H20N4O3. The van der Waals surface area contributed by atoms with Gasteiger partial charge in [0.25, 0.3) is 0 Å². The molecule has 1 heterocycles. The summed E-state index contributed by atoms with van der Waals surface area (Å²) >= 11 is 0. The van der Waals surface area contributed by atoms with E-state index in [9.17, 15) is 9.59 Å². The van der Waals surface area contributed by atoms with Crippen molar-refractivity contribution in [3.63, 3.8) is 0 Å². The van der Waals surface area contributed by atoms with Crippen LogP contribution in [0, 0.1) is 0 Å².